The van der Waals surface area contributed by atoms with Gasteiger partial charge in [-0.05, 0) is 42.3 Å². The van der Waals surface area contributed by atoms with Gasteiger partial charge in [-0.15, -0.1) is 11.3 Å². The molecule has 0 saturated heterocycles. The van der Waals surface area contributed by atoms with Crippen LogP contribution in [0.4, 0.5) is 8.78 Å². The number of thiophene rings is 1. The molecule has 3 aromatic rings. The van der Waals surface area contributed by atoms with E-state index in [4.69, 9.17) is 5.14 Å². The van der Waals surface area contributed by atoms with Crippen molar-refractivity contribution in [1.29, 1.82) is 0 Å². The molecule has 0 amide bonds. The van der Waals surface area contributed by atoms with Gasteiger partial charge in [-0.1, -0.05) is 19.1 Å². The fourth-order valence-electron chi connectivity index (χ4n) is 2.96. The van der Waals surface area contributed by atoms with Crippen LogP contribution in [0.25, 0.3) is 21.6 Å². The van der Waals surface area contributed by atoms with E-state index in [0.717, 1.165) is 17.4 Å². The van der Waals surface area contributed by atoms with Crippen LogP contribution in [0.2, 0.25) is 0 Å². The highest BCUT2D eigenvalue weighted by atomic mass is 32.2. The Morgan fingerprint density at radius 1 is 1.11 bits per heavy atom. The summed E-state index contributed by atoms with van der Waals surface area (Å²) in [4.78, 5) is 13.4. The van der Waals surface area contributed by atoms with Gasteiger partial charge in [-0.2, -0.15) is 0 Å². The van der Waals surface area contributed by atoms with Crippen LogP contribution in [0, 0.1) is 18.6 Å². The van der Waals surface area contributed by atoms with Crippen molar-refractivity contribution < 1.29 is 22.0 Å². The molecule has 2 N–H and O–H groups in total. The topological polar surface area (TPSA) is 77.2 Å². The Kier molecular flexibility index (Phi) is 5.47. The zero-order chi connectivity index (χ0) is 20.6. The highest BCUT2D eigenvalue weighted by molar-refractivity contribution is 7.89. The minimum absolute atomic E-state index is 0.0442. The number of sulfonamides is 1. The van der Waals surface area contributed by atoms with Crippen LogP contribution in [-0.2, 0) is 10.0 Å². The Balaban J connectivity index is 2.23. The summed E-state index contributed by atoms with van der Waals surface area (Å²) in [5.74, 6) is -1.51. The molecule has 0 unspecified atom stereocenters. The van der Waals surface area contributed by atoms with Gasteiger partial charge in [-0.3, -0.25) is 4.79 Å². The Morgan fingerprint density at radius 2 is 1.75 bits per heavy atom. The lowest BCUT2D eigenvalue weighted by Gasteiger charge is -2.07. The van der Waals surface area contributed by atoms with Crippen LogP contribution in [0.15, 0.2) is 47.4 Å². The molecule has 0 bridgehead atoms. The minimum Gasteiger partial charge on any atom is -0.293 e. The van der Waals surface area contributed by atoms with Gasteiger partial charge in [0, 0.05) is 28.5 Å². The molecule has 28 heavy (non-hydrogen) atoms. The number of benzene rings is 2. The normalized spacial score (nSPS) is 11.6. The summed E-state index contributed by atoms with van der Waals surface area (Å²) in [5, 5.41) is 5.13. The van der Waals surface area contributed by atoms with Crippen LogP contribution >= 0.6 is 11.3 Å². The van der Waals surface area contributed by atoms with Crippen molar-refractivity contribution in [2.45, 2.75) is 25.2 Å². The molecular weight excluding hydrogens is 404 g/mol. The molecule has 0 aliphatic rings. The van der Waals surface area contributed by atoms with Gasteiger partial charge >= 0.3 is 0 Å². The number of carbonyl (C=O) groups excluding carboxylic acids is 1. The third kappa shape index (κ3) is 3.76. The number of carbonyl (C=O) groups is 1. The van der Waals surface area contributed by atoms with E-state index in [1.54, 1.807) is 26.0 Å². The second-order valence-electron chi connectivity index (χ2n) is 6.23. The van der Waals surface area contributed by atoms with Crippen molar-refractivity contribution in [3.05, 3.63) is 64.5 Å². The number of ketones is 1. The van der Waals surface area contributed by atoms with E-state index in [1.807, 2.05) is 0 Å². The average Bonchev–Trinajstić information content (AvgIpc) is 2.97. The third-order valence-electron chi connectivity index (χ3n) is 4.37. The van der Waals surface area contributed by atoms with Crippen molar-refractivity contribution >= 4 is 27.1 Å². The molecule has 0 aliphatic carbocycles. The summed E-state index contributed by atoms with van der Waals surface area (Å²) in [6.07, 6.45) is 0.257. The van der Waals surface area contributed by atoms with E-state index in [-0.39, 0.29) is 22.7 Å². The van der Waals surface area contributed by atoms with Crippen LogP contribution in [-0.4, -0.2) is 14.2 Å². The molecule has 8 heteroatoms. The Hall–Kier alpha value is -2.42. The number of nitrogens with two attached hydrogens (primary N) is 1. The van der Waals surface area contributed by atoms with Gasteiger partial charge in [0.15, 0.2) is 5.78 Å². The summed E-state index contributed by atoms with van der Waals surface area (Å²) in [6, 6.07) is 9.16. The van der Waals surface area contributed by atoms with Gasteiger partial charge in [-0.25, -0.2) is 22.3 Å². The number of hydrogen-bond acceptors (Lipinski definition) is 4. The standard InChI is InChI=1S/C20H17F2NO3S2/c1-3-17(24)20-18(12-4-7-14(8-5-12)28(23,25)26)11(2)19(27-20)15-9-6-13(21)10-16(15)22/h4-10H,3H2,1-2H3,(H2,23,25,26). The van der Waals surface area contributed by atoms with Crippen molar-refractivity contribution in [3.63, 3.8) is 0 Å². The molecule has 0 atom stereocenters. The quantitative estimate of drug-likeness (QED) is 0.595. The van der Waals surface area contributed by atoms with E-state index in [9.17, 15) is 22.0 Å². The lowest BCUT2D eigenvalue weighted by atomic mass is 9.97. The maximum Gasteiger partial charge on any atom is 0.238 e. The van der Waals surface area contributed by atoms with Crippen LogP contribution < -0.4 is 5.14 Å². The van der Waals surface area contributed by atoms with Gasteiger partial charge in [0.2, 0.25) is 10.0 Å². The largest absolute Gasteiger partial charge is 0.293 e. The zero-order valence-corrected chi connectivity index (χ0v) is 16.8. The van der Waals surface area contributed by atoms with E-state index in [2.05, 4.69) is 0 Å². The predicted molar refractivity (Wildman–Crippen MR) is 106 cm³/mol. The summed E-state index contributed by atoms with van der Waals surface area (Å²) in [5.41, 5.74) is 2.10. The minimum atomic E-state index is -3.84. The van der Waals surface area contributed by atoms with Crippen LogP contribution in [0.1, 0.15) is 28.6 Å². The summed E-state index contributed by atoms with van der Waals surface area (Å²) in [6.45, 7) is 3.48. The Labute approximate surface area is 165 Å². The molecule has 1 aromatic heterocycles. The van der Waals surface area contributed by atoms with E-state index < -0.39 is 21.7 Å². The Morgan fingerprint density at radius 3 is 2.29 bits per heavy atom. The summed E-state index contributed by atoms with van der Waals surface area (Å²) >= 11 is 1.14. The molecule has 3 rings (SSSR count). The van der Waals surface area contributed by atoms with Crippen molar-refractivity contribution in [2.75, 3.05) is 0 Å². The predicted octanol–water partition coefficient (Wildman–Crippen LogP) is 4.91. The average molecular weight is 421 g/mol. The van der Waals surface area contributed by atoms with Crippen molar-refractivity contribution in [3.8, 4) is 21.6 Å². The SMILES string of the molecule is CCC(=O)c1sc(-c2ccc(F)cc2F)c(C)c1-c1ccc(S(N)(=O)=O)cc1. The first-order chi connectivity index (χ1) is 13.1. The highest BCUT2D eigenvalue weighted by Gasteiger charge is 2.23. The molecule has 0 aliphatic heterocycles. The monoisotopic (exact) mass is 421 g/mol. The maximum atomic E-state index is 14.3. The second-order valence-corrected chi connectivity index (χ2v) is 8.81. The van der Waals surface area contributed by atoms with Gasteiger partial charge in [0.25, 0.3) is 0 Å². The molecule has 0 fully saturated rings. The molecule has 2 aromatic carbocycles. The number of halogens is 2. The first-order valence-electron chi connectivity index (χ1n) is 8.38. The molecule has 0 saturated carbocycles. The maximum absolute atomic E-state index is 14.3. The number of primary sulfonamides is 1. The fraction of sp³-hybridized carbons (Fsp3) is 0.150. The molecule has 1 heterocycles. The number of hydrogen-bond donors (Lipinski definition) is 1. The first-order valence-corrected chi connectivity index (χ1v) is 10.7. The molecule has 4 nitrogen and oxygen atoms in total. The van der Waals surface area contributed by atoms with E-state index >= 15 is 0 Å². The van der Waals surface area contributed by atoms with Crippen LogP contribution in [0.5, 0.6) is 0 Å². The first kappa shape index (κ1) is 20.3. The molecular formula is C20H17F2NO3S2. The Bertz CT molecular complexity index is 1170. The lowest BCUT2D eigenvalue weighted by molar-refractivity contribution is 0.0992. The van der Waals surface area contributed by atoms with Gasteiger partial charge in [0.1, 0.15) is 11.6 Å². The van der Waals surface area contributed by atoms with Gasteiger partial charge in [0.05, 0.1) is 9.77 Å². The van der Waals surface area contributed by atoms with E-state index in [1.165, 1.54) is 24.3 Å². The lowest BCUT2D eigenvalue weighted by Crippen LogP contribution is -2.11. The van der Waals surface area contributed by atoms with E-state index in [0.29, 0.717) is 26.4 Å². The van der Waals surface area contributed by atoms with Crippen molar-refractivity contribution in [2.24, 2.45) is 5.14 Å². The second kappa shape index (κ2) is 7.54. The van der Waals surface area contributed by atoms with Crippen LogP contribution in [0.3, 0.4) is 0 Å². The third-order valence-corrected chi connectivity index (χ3v) is 6.66. The van der Waals surface area contributed by atoms with Crippen molar-refractivity contribution in [1.82, 2.24) is 0 Å². The number of Topliss-reactive ketones (excluding diaryl/α,β-unsaturated/α-hetero) is 1. The zero-order valence-electron chi connectivity index (χ0n) is 15.1. The molecule has 0 radical (unpaired) electrons. The molecule has 146 valence electrons. The molecule has 0 spiro atoms. The van der Waals surface area contributed by atoms with Gasteiger partial charge < -0.3 is 0 Å². The summed E-state index contributed by atoms with van der Waals surface area (Å²) < 4.78 is 50.6. The fourth-order valence-corrected chi connectivity index (χ4v) is 4.84. The highest BCUT2D eigenvalue weighted by Crippen LogP contribution is 2.43. The summed E-state index contributed by atoms with van der Waals surface area (Å²) in [7, 11) is -3.84. The smallest absolute Gasteiger partial charge is 0.238 e. The number of rotatable bonds is 5.